The number of carbonyl (C=O) groups is 3. The number of benzene rings is 1. The van der Waals surface area contributed by atoms with Crippen molar-refractivity contribution in [2.45, 2.75) is 18.9 Å². The molecule has 1 N–H and O–H groups in total. The van der Waals surface area contributed by atoms with Gasteiger partial charge in [-0.15, -0.1) is 0 Å². The number of hydrogen-bond donors (Lipinski definition) is 1. The van der Waals surface area contributed by atoms with Gasteiger partial charge in [0.05, 0.1) is 25.3 Å². The van der Waals surface area contributed by atoms with Gasteiger partial charge < -0.3 is 19.7 Å². The van der Waals surface area contributed by atoms with Crippen LogP contribution in [0, 0.1) is 11.3 Å². The summed E-state index contributed by atoms with van der Waals surface area (Å²) >= 11 is 0. The summed E-state index contributed by atoms with van der Waals surface area (Å²) in [6.45, 7) is 2.52. The molecule has 156 valence electrons. The van der Waals surface area contributed by atoms with Crippen molar-refractivity contribution in [3.8, 4) is 11.8 Å². The molecule has 9 nitrogen and oxygen atoms in total. The van der Waals surface area contributed by atoms with Gasteiger partial charge in [-0.2, -0.15) is 5.26 Å². The number of carbonyl (C=O) groups excluding carboxylic acids is 3. The number of nitrogens with zero attached hydrogens (tertiary/aromatic N) is 3. The van der Waals surface area contributed by atoms with Crippen molar-refractivity contribution in [2.24, 2.45) is 0 Å². The van der Waals surface area contributed by atoms with Crippen LogP contribution in [0.4, 0.5) is 0 Å². The van der Waals surface area contributed by atoms with E-state index in [4.69, 9.17) is 10.00 Å². The fraction of sp³-hybridized carbons (Fsp3) is 0.500. The molecule has 29 heavy (non-hydrogen) atoms. The van der Waals surface area contributed by atoms with Crippen LogP contribution in [0.25, 0.3) is 0 Å². The van der Waals surface area contributed by atoms with Crippen molar-refractivity contribution in [1.82, 2.24) is 15.1 Å². The second-order valence-corrected chi connectivity index (χ2v) is 6.61. The third kappa shape index (κ3) is 6.47. The van der Waals surface area contributed by atoms with E-state index in [-0.39, 0.29) is 12.3 Å². The zero-order valence-electron chi connectivity index (χ0n) is 16.7. The zero-order valence-corrected chi connectivity index (χ0v) is 16.7. The molecule has 1 atom stereocenters. The Kier molecular flexibility index (Phi) is 8.43. The largest absolute Gasteiger partial charge is 0.494 e. The number of nitriles is 1. The molecule has 2 rings (SSSR count). The smallest absolute Gasteiger partial charge is 0.315 e. The van der Waals surface area contributed by atoms with E-state index >= 15 is 0 Å². The second kappa shape index (κ2) is 11.0. The standard InChI is InChI=1S/C20H26N4O5/c1-22-20(27)17-14-23(8-9-24(17)18(25)12-19(26)28-2)7-4-10-29-16-6-3-5-15(11-16)13-21/h3,5-6,11,17H,4,7-10,12,14H2,1-2H3,(H,22,27). The Hall–Kier alpha value is -3.12. The third-order valence-electron chi connectivity index (χ3n) is 4.71. The summed E-state index contributed by atoms with van der Waals surface area (Å²) in [5, 5.41) is 11.5. The summed E-state index contributed by atoms with van der Waals surface area (Å²) < 4.78 is 10.2. The Labute approximate surface area is 170 Å². The highest BCUT2D eigenvalue weighted by atomic mass is 16.5. The molecule has 1 aromatic carbocycles. The van der Waals surface area contributed by atoms with Crippen LogP contribution in [0.5, 0.6) is 5.75 Å². The Morgan fingerprint density at radius 3 is 2.79 bits per heavy atom. The lowest BCUT2D eigenvalue weighted by Crippen LogP contribution is -2.60. The first-order valence-electron chi connectivity index (χ1n) is 9.41. The quantitative estimate of drug-likeness (QED) is 0.374. The first kappa shape index (κ1) is 22.2. The molecule has 0 saturated carbocycles. The van der Waals surface area contributed by atoms with Crippen LogP contribution in [-0.4, -0.2) is 80.6 Å². The van der Waals surface area contributed by atoms with Gasteiger partial charge in [-0.25, -0.2) is 0 Å². The summed E-state index contributed by atoms with van der Waals surface area (Å²) in [6, 6.07) is 8.39. The van der Waals surface area contributed by atoms with Crippen LogP contribution >= 0.6 is 0 Å². The average Bonchev–Trinajstić information content (AvgIpc) is 2.75. The zero-order chi connectivity index (χ0) is 21.2. The van der Waals surface area contributed by atoms with Crippen LogP contribution in [0.3, 0.4) is 0 Å². The fourth-order valence-corrected chi connectivity index (χ4v) is 3.16. The normalized spacial score (nSPS) is 16.6. The van der Waals surface area contributed by atoms with Crippen LogP contribution in [-0.2, 0) is 19.1 Å². The average molecular weight is 402 g/mol. The molecule has 9 heteroatoms. The van der Waals surface area contributed by atoms with Crippen LogP contribution < -0.4 is 10.1 Å². The molecular formula is C20H26N4O5. The number of nitrogens with one attached hydrogen (secondary N) is 1. The van der Waals surface area contributed by atoms with Crippen molar-refractivity contribution in [2.75, 3.05) is 46.9 Å². The van der Waals surface area contributed by atoms with Gasteiger partial charge in [0.25, 0.3) is 0 Å². The summed E-state index contributed by atoms with van der Waals surface area (Å²) in [5.74, 6) is -0.653. The van der Waals surface area contributed by atoms with Crippen molar-refractivity contribution < 1.29 is 23.9 Å². The molecule has 1 saturated heterocycles. The van der Waals surface area contributed by atoms with E-state index in [0.717, 1.165) is 6.42 Å². The first-order valence-corrected chi connectivity index (χ1v) is 9.41. The number of likely N-dealkylation sites (N-methyl/N-ethyl adjacent to an activating group) is 1. The molecule has 0 aliphatic carbocycles. The van der Waals surface area contributed by atoms with Gasteiger partial charge in [0.1, 0.15) is 18.2 Å². The van der Waals surface area contributed by atoms with Gasteiger partial charge in [-0.05, 0) is 24.6 Å². The maximum absolute atomic E-state index is 12.4. The van der Waals surface area contributed by atoms with E-state index < -0.39 is 17.9 Å². The molecular weight excluding hydrogens is 376 g/mol. The van der Waals surface area contributed by atoms with E-state index in [1.165, 1.54) is 19.1 Å². The highest BCUT2D eigenvalue weighted by molar-refractivity contribution is 5.96. The van der Waals surface area contributed by atoms with E-state index in [1.54, 1.807) is 24.3 Å². The van der Waals surface area contributed by atoms with Gasteiger partial charge in [-0.3, -0.25) is 19.3 Å². The lowest BCUT2D eigenvalue weighted by Gasteiger charge is -2.40. The van der Waals surface area contributed by atoms with Crippen LogP contribution in [0.1, 0.15) is 18.4 Å². The summed E-state index contributed by atoms with van der Waals surface area (Å²) in [6.07, 6.45) is 0.354. The number of methoxy groups -OCH3 is 1. The molecule has 2 amide bonds. The number of amides is 2. The lowest BCUT2D eigenvalue weighted by molar-refractivity contribution is -0.151. The first-order chi connectivity index (χ1) is 14.0. The summed E-state index contributed by atoms with van der Waals surface area (Å²) in [7, 11) is 2.75. The summed E-state index contributed by atoms with van der Waals surface area (Å²) in [5.41, 5.74) is 0.545. The molecule has 0 bridgehead atoms. The Morgan fingerprint density at radius 1 is 1.31 bits per heavy atom. The molecule has 0 aromatic heterocycles. The molecule has 1 unspecified atom stereocenters. The SMILES string of the molecule is CNC(=O)C1CN(CCCOc2cccc(C#N)c2)CCN1C(=O)CC(=O)OC. The van der Waals surface area contributed by atoms with Crippen LogP contribution in [0.2, 0.25) is 0 Å². The molecule has 1 aliphatic rings. The fourth-order valence-electron chi connectivity index (χ4n) is 3.16. The predicted molar refractivity (Wildman–Crippen MR) is 104 cm³/mol. The van der Waals surface area contributed by atoms with E-state index in [0.29, 0.717) is 44.1 Å². The number of rotatable bonds is 8. The Bertz CT molecular complexity index is 776. The molecule has 1 heterocycles. The van der Waals surface area contributed by atoms with Gasteiger partial charge in [-0.1, -0.05) is 6.07 Å². The minimum Gasteiger partial charge on any atom is -0.494 e. The number of esters is 1. The molecule has 0 spiro atoms. The number of hydrogen-bond acceptors (Lipinski definition) is 7. The van der Waals surface area contributed by atoms with Gasteiger partial charge >= 0.3 is 5.97 Å². The maximum Gasteiger partial charge on any atom is 0.315 e. The Morgan fingerprint density at radius 2 is 2.10 bits per heavy atom. The van der Waals surface area contributed by atoms with Crippen LogP contribution in [0.15, 0.2) is 24.3 Å². The van der Waals surface area contributed by atoms with Crippen molar-refractivity contribution in [3.63, 3.8) is 0 Å². The van der Waals surface area contributed by atoms with Gasteiger partial charge in [0.15, 0.2) is 0 Å². The molecule has 1 aromatic rings. The van der Waals surface area contributed by atoms with E-state index in [9.17, 15) is 14.4 Å². The maximum atomic E-state index is 12.4. The highest BCUT2D eigenvalue weighted by Gasteiger charge is 2.35. The number of ether oxygens (including phenoxy) is 2. The lowest BCUT2D eigenvalue weighted by atomic mass is 10.1. The molecule has 1 aliphatic heterocycles. The third-order valence-corrected chi connectivity index (χ3v) is 4.71. The van der Waals surface area contributed by atoms with Crippen molar-refractivity contribution in [1.29, 1.82) is 5.26 Å². The van der Waals surface area contributed by atoms with E-state index in [1.807, 2.05) is 0 Å². The second-order valence-electron chi connectivity index (χ2n) is 6.61. The minimum atomic E-state index is -0.654. The van der Waals surface area contributed by atoms with Crippen molar-refractivity contribution >= 4 is 17.8 Å². The van der Waals surface area contributed by atoms with Gasteiger partial charge in [0, 0.05) is 33.2 Å². The minimum absolute atomic E-state index is 0.266. The van der Waals surface area contributed by atoms with Gasteiger partial charge in [0.2, 0.25) is 11.8 Å². The predicted octanol–water partition coefficient (Wildman–Crippen LogP) is 0.149. The van der Waals surface area contributed by atoms with Crippen molar-refractivity contribution in [3.05, 3.63) is 29.8 Å². The molecule has 0 radical (unpaired) electrons. The monoisotopic (exact) mass is 402 g/mol. The summed E-state index contributed by atoms with van der Waals surface area (Å²) in [4.78, 5) is 39.5. The van der Waals surface area contributed by atoms with E-state index in [2.05, 4.69) is 21.0 Å². The topological polar surface area (TPSA) is 112 Å². The Balaban J connectivity index is 1.85. The highest BCUT2D eigenvalue weighted by Crippen LogP contribution is 2.15. The number of piperazine rings is 1. The molecule has 1 fully saturated rings.